The standard InChI is InChI=1S/C43H54N6O13S.Ni/c1-41(16-30(44)50)22(5-8-33(54)55)27-15-43-42(2,17-31(51)49-43)23(6-9-34(56)57)26(48-43)13-24-19(11-35(58)59)18(4-7-32(52)53)38(46-24)37-39-21(10-28(63-3)40(37)62)20(12-36(60)61)25(47-39)14-29(41)45-27;/h13,18-23,25,27-28H,4-12,14-17H2,1-3H3,(H9,44,46,47,48,49,50,51,52,53,54,55,56,57,58,59,60,61,62);/p-1/t18-,19-,20-,21-,22+,23+,25+,27-,28-,41-,42-,43-;/m0./s1. The second-order valence-corrected chi connectivity index (χ2v) is 19.7. The molecule has 21 heteroatoms. The third-order valence-electron chi connectivity index (χ3n) is 15.0. The van der Waals surface area contributed by atoms with Gasteiger partial charge in [-0.25, -0.2) is 0 Å². The van der Waals surface area contributed by atoms with Gasteiger partial charge in [0.05, 0.1) is 30.2 Å². The Labute approximate surface area is 382 Å². The maximum Gasteiger partial charge on any atom is 0.303 e. The minimum Gasteiger partial charge on any atom is -0.664 e. The van der Waals surface area contributed by atoms with E-state index in [1.54, 1.807) is 19.3 Å². The number of aliphatic carboxylic acids is 5. The number of Topliss-reactive ketones (excluding diaryl/α,β-unsaturated/α-hetero) is 1. The molecule has 0 aromatic heterocycles. The van der Waals surface area contributed by atoms with E-state index < -0.39 is 118 Å². The van der Waals surface area contributed by atoms with Crippen molar-refractivity contribution in [2.24, 2.45) is 67.0 Å². The van der Waals surface area contributed by atoms with Gasteiger partial charge in [0.1, 0.15) is 5.66 Å². The Bertz CT molecular complexity index is 2230. The summed E-state index contributed by atoms with van der Waals surface area (Å²) in [4.78, 5) is 119. The number of aliphatic imine (C=N–C) groups is 3. The molecule has 6 heterocycles. The maximum absolute atomic E-state index is 14.7. The van der Waals surface area contributed by atoms with Crippen LogP contribution in [0.1, 0.15) is 97.3 Å². The number of nitrogens with zero attached hydrogens (tertiary/aromatic N) is 4. The summed E-state index contributed by atoms with van der Waals surface area (Å²) in [5.41, 5.74) is 3.60. The minimum absolute atomic E-state index is 0. The molecule has 350 valence electrons. The van der Waals surface area contributed by atoms with Crippen LogP contribution < -0.4 is 11.1 Å². The van der Waals surface area contributed by atoms with Crippen molar-refractivity contribution in [1.29, 1.82) is 0 Å². The van der Waals surface area contributed by atoms with E-state index >= 15 is 0 Å². The number of hydrogen-bond acceptors (Lipinski definition) is 12. The first-order valence-electron chi connectivity index (χ1n) is 21.3. The zero-order valence-corrected chi connectivity index (χ0v) is 37.4. The molecule has 0 unspecified atom stereocenters. The van der Waals surface area contributed by atoms with Crippen molar-refractivity contribution in [3.63, 3.8) is 0 Å². The molecule has 7 aliphatic rings. The van der Waals surface area contributed by atoms with Gasteiger partial charge >= 0.3 is 29.8 Å². The van der Waals surface area contributed by atoms with Crippen LogP contribution in [0.2, 0.25) is 0 Å². The Kier molecular flexibility index (Phi) is 13.8. The fraction of sp³-hybridized carbons (Fsp3) is 0.651. The number of carbonyl (C=O) groups excluding carboxylic acids is 3. The summed E-state index contributed by atoms with van der Waals surface area (Å²) in [5.74, 6) is -11.7. The number of thioether (sulfide) groups is 1. The molecule has 64 heavy (non-hydrogen) atoms. The second kappa shape index (κ2) is 18.2. The topological polar surface area (TPSA) is 327 Å². The predicted octanol–water partition coefficient (Wildman–Crippen LogP) is 3.45. The summed E-state index contributed by atoms with van der Waals surface area (Å²) in [5, 5.41) is 57.8. The van der Waals surface area contributed by atoms with E-state index in [0.29, 0.717) is 17.1 Å². The Morgan fingerprint density at radius 3 is 2.12 bits per heavy atom. The van der Waals surface area contributed by atoms with Crippen molar-refractivity contribution in [1.82, 2.24) is 5.32 Å². The Morgan fingerprint density at radius 2 is 1.52 bits per heavy atom. The van der Waals surface area contributed by atoms with Gasteiger partial charge in [-0.2, -0.15) is 17.5 Å². The minimum atomic E-state index is -1.47. The Balaban J connectivity index is 0.00000680. The van der Waals surface area contributed by atoms with Crippen LogP contribution in [-0.2, 0) is 54.8 Å². The SMILES string of the molecule is CS[C@H]1C[C@@H]2C3=N[C@H](CC4=N[C@@H](C[C@@]56N=C(/C=C7\[N-]/C(=C\3C1=O)[C@@H](CCC(=O)O)[C@@H]7CC(=O)O)[C@@H](CCC(=O)O)[C@]5(C)CC(=O)N6)[C@@H](CCC(=O)O)[C@]4(C)CC(N)=O)[C@H]2CC(=O)O.[Ni]. The Hall–Kier alpha value is -4.91. The zero-order chi connectivity index (χ0) is 45.9. The van der Waals surface area contributed by atoms with Crippen LogP contribution in [0.5, 0.6) is 0 Å². The fourth-order valence-corrected chi connectivity index (χ4v) is 12.9. The van der Waals surface area contributed by atoms with Crippen LogP contribution >= 0.6 is 11.8 Å². The number of ketones is 1. The molecule has 0 radical (unpaired) electrons. The molecule has 1 spiro atoms. The van der Waals surface area contributed by atoms with Crippen molar-refractivity contribution in [3.05, 3.63) is 28.4 Å². The van der Waals surface area contributed by atoms with Crippen LogP contribution in [0.25, 0.3) is 5.32 Å². The van der Waals surface area contributed by atoms with Crippen molar-refractivity contribution in [2.75, 3.05) is 6.26 Å². The van der Waals surface area contributed by atoms with E-state index in [1.807, 2.05) is 6.92 Å². The summed E-state index contributed by atoms with van der Waals surface area (Å²) < 4.78 is 0. The molecule has 2 saturated heterocycles. The van der Waals surface area contributed by atoms with Crippen LogP contribution in [0.3, 0.4) is 0 Å². The first kappa shape index (κ1) is 48.5. The number of hydrogen-bond donors (Lipinski definition) is 7. The third-order valence-corrected chi connectivity index (χ3v) is 16.0. The number of nitrogens with one attached hydrogen (secondary N) is 1. The second-order valence-electron chi connectivity index (χ2n) is 18.6. The summed E-state index contributed by atoms with van der Waals surface area (Å²) in [6.45, 7) is 3.59. The first-order chi connectivity index (χ1) is 29.6. The van der Waals surface area contributed by atoms with Gasteiger partial charge in [-0.1, -0.05) is 19.9 Å². The van der Waals surface area contributed by atoms with Crippen molar-refractivity contribution < 1.29 is 80.4 Å². The molecule has 1 aliphatic carbocycles. The average molecular weight is 953 g/mol. The van der Waals surface area contributed by atoms with Gasteiger partial charge in [-0.05, 0) is 49.7 Å². The fourth-order valence-electron chi connectivity index (χ4n) is 12.1. The van der Waals surface area contributed by atoms with E-state index in [0.717, 1.165) is 0 Å². The van der Waals surface area contributed by atoms with E-state index in [4.69, 9.17) is 26.0 Å². The molecular formula is C43H53N6NiO13S-. The number of fused-ring (bicyclic) bond motifs is 4. The number of carbonyl (C=O) groups is 8. The van der Waals surface area contributed by atoms with E-state index in [1.165, 1.54) is 11.8 Å². The van der Waals surface area contributed by atoms with Crippen LogP contribution in [-0.4, -0.2) is 119 Å². The average Bonchev–Trinajstić information content (AvgIpc) is 3.86. The number of rotatable bonds is 16. The smallest absolute Gasteiger partial charge is 0.303 e. The largest absolute Gasteiger partial charge is 0.664 e. The summed E-state index contributed by atoms with van der Waals surface area (Å²) >= 11 is 1.26. The summed E-state index contributed by atoms with van der Waals surface area (Å²) in [7, 11) is 0. The number of amides is 2. The van der Waals surface area contributed by atoms with Gasteiger partial charge in [-0.15, -0.1) is 5.70 Å². The number of primary amides is 1. The molecule has 3 fully saturated rings. The number of carboxylic acid groups (broad SMARTS) is 5. The van der Waals surface area contributed by atoms with Gasteiger partial charge < -0.3 is 41.9 Å². The molecule has 12 atom stereocenters. The van der Waals surface area contributed by atoms with Gasteiger partial charge in [0.15, 0.2) is 5.78 Å². The van der Waals surface area contributed by atoms with E-state index in [-0.39, 0.29) is 116 Å². The Morgan fingerprint density at radius 1 is 0.875 bits per heavy atom. The van der Waals surface area contributed by atoms with Crippen molar-refractivity contribution in [3.8, 4) is 0 Å². The van der Waals surface area contributed by atoms with Crippen LogP contribution in [0, 0.1) is 46.3 Å². The van der Waals surface area contributed by atoms with E-state index in [2.05, 4.69) is 5.32 Å². The number of carboxylic acids is 5. The normalized spacial score (nSPS) is 37.8. The predicted molar refractivity (Wildman–Crippen MR) is 226 cm³/mol. The van der Waals surface area contributed by atoms with E-state index in [9.17, 15) is 63.9 Å². The van der Waals surface area contributed by atoms with Crippen molar-refractivity contribution >= 4 is 76.3 Å². The molecule has 8 bridgehead atoms. The third kappa shape index (κ3) is 8.65. The molecule has 0 aromatic rings. The van der Waals surface area contributed by atoms with Gasteiger partial charge in [0.2, 0.25) is 11.8 Å². The molecule has 19 nitrogen and oxygen atoms in total. The molecule has 0 aromatic carbocycles. The van der Waals surface area contributed by atoms with Crippen LogP contribution in [0.15, 0.2) is 38.0 Å². The molecular weight excluding hydrogens is 899 g/mol. The molecule has 1 saturated carbocycles. The van der Waals surface area contributed by atoms with Crippen LogP contribution in [0.4, 0.5) is 0 Å². The van der Waals surface area contributed by atoms with Gasteiger partial charge in [0, 0.05) is 113 Å². The molecule has 2 amide bonds. The first-order valence-corrected chi connectivity index (χ1v) is 22.6. The number of nitrogens with two attached hydrogens (primary N) is 1. The molecule has 7 rings (SSSR count). The molecule has 6 aliphatic heterocycles. The molecule has 8 N–H and O–H groups in total. The zero-order valence-electron chi connectivity index (χ0n) is 35.6. The quantitative estimate of drug-likeness (QED) is 0.109. The number of allylic oxidation sites excluding steroid dienone is 4. The van der Waals surface area contributed by atoms with Gasteiger partial charge in [0.25, 0.3) is 0 Å². The summed E-state index contributed by atoms with van der Waals surface area (Å²) in [6.07, 6.45) is 1.20. The van der Waals surface area contributed by atoms with Crippen molar-refractivity contribution in [2.45, 2.75) is 120 Å². The van der Waals surface area contributed by atoms with Gasteiger partial charge in [-0.3, -0.25) is 53.3 Å². The maximum atomic E-state index is 14.7. The monoisotopic (exact) mass is 951 g/mol. The summed E-state index contributed by atoms with van der Waals surface area (Å²) in [6, 6.07) is -1.61.